The standard InChI is InChI=1S/C15H31NO5Si/c1-9-19-13-11-15(5,10-12(17)18-6)16(20-13)21-22(7,8)14(2,3)4/h13H,9-11H2,1-8H3. The molecule has 0 saturated carbocycles. The molecule has 130 valence electrons. The molecule has 1 heterocycles. The monoisotopic (exact) mass is 333 g/mol. The summed E-state index contributed by atoms with van der Waals surface area (Å²) in [6.07, 6.45) is 0.358. The molecule has 0 aromatic rings. The molecule has 2 atom stereocenters. The van der Waals surface area contributed by atoms with Gasteiger partial charge in [-0.25, -0.2) is 4.84 Å². The van der Waals surface area contributed by atoms with Gasteiger partial charge < -0.3 is 14.0 Å². The first-order valence-electron chi connectivity index (χ1n) is 7.80. The van der Waals surface area contributed by atoms with E-state index < -0.39 is 20.1 Å². The second kappa shape index (κ2) is 6.96. The van der Waals surface area contributed by atoms with Gasteiger partial charge in [-0.3, -0.25) is 4.79 Å². The van der Waals surface area contributed by atoms with Gasteiger partial charge in [0.15, 0.2) is 6.29 Å². The molecule has 1 fully saturated rings. The number of esters is 1. The second-order valence-corrected chi connectivity index (χ2v) is 12.3. The highest BCUT2D eigenvalue weighted by molar-refractivity contribution is 6.74. The minimum Gasteiger partial charge on any atom is -0.469 e. The highest BCUT2D eigenvalue weighted by atomic mass is 28.4. The van der Waals surface area contributed by atoms with Gasteiger partial charge in [0.05, 0.1) is 19.1 Å². The minimum absolute atomic E-state index is 0.0340. The molecule has 7 heteroatoms. The molecule has 0 N–H and O–H groups in total. The molecule has 0 bridgehead atoms. The summed E-state index contributed by atoms with van der Waals surface area (Å²) >= 11 is 0. The van der Waals surface area contributed by atoms with Crippen LogP contribution in [0.4, 0.5) is 0 Å². The van der Waals surface area contributed by atoms with Crippen LogP contribution in [-0.4, -0.2) is 45.1 Å². The molecular weight excluding hydrogens is 302 g/mol. The van der Waals surface area contributed by atoms with Gasteiger partial charge >= 0.3 is 5.97 Å². The normalized spacial score (nSPS) is 27.2. The van der Waals surface area contributed by atoms with Gasteiger partial charge in [0.1, 0.15) is 0 Å². The number of hydrogen-bond donors (Lipinski definition) is 0. The lowest BCUT2D eigenvalue weighted by Gasteiger charge is -2.41. The Kier molecular flexibility index (Phi) is 6.20. The number of hydroxylamine groups is 2. The van der Waals surface area contributed by atoms with E-state index in [-0.39, 0.29) is 17.4 Å². The van der Waals surface area contributed by atoms with Crippen molar-refractivity contribution in [2.24, 2.45) is 0 Å². The third kappa shape index (κ3) is 4.52. The Bertz CT molecular complexity index is 396. The van der Waals surface area contributed by atoms with Crippen LogP contribution in [0.15, 0.2) is 0 Å². The van der Waals surface area contributed by atoms with Crippen LogP contribution in [0.5, 0.6) is 0 Å². The summed E-state index contributed by atoms with van der Waals surface area (Å²) in [6, 6.07) is 0. The smallest absolute Gasteiger partial charge is 0.307 e. The molecule has 0 aromatic heterocycles. The van der Waals surface area contributed by atoms with Crippen molar-refractivity contribution in [2.75, 3.05) is 13.7 Å². The second-order valence-electron chi connectivity index (χ2n) is 7.55. The highest BCUT2D eigenvalue weighted by Crippen LogP contribution is 2.42. The number of nitrogens with zero attached hydrogens (tertiary/aromatic N) is 1. The Morgan fingerprint density at radius 1 is 1.41 bits per heavy atom. The highest BCUT2D eigenvalue weighted by Gasteiger charge is 2.51. The van der Waals surface area contributed by atoms with Crippen LogP contribution in [0.2, 0.25) is 18.1 Å². The predicted molar refractivity (Wildman–Crippen MR) is 86.3 cm³/mol. The zero-order chi connectivity index (χ0) is 17.2. The van der Waals surface area contributed by atoms with Crippen LogP contribution in [0.25, 0.3) is 0 Å². The number of ether oxygens (including phenoxy) is 2. The van der Waals surface area contributed by atoms with E-state index in [4.69, 9.17) is 18.8 Å². The third-order valence-electron chi connectivity index (χ3n) is 4.48. The van der Waals surface area contributed by atoms with Gasteiger partial charge in [-0.05, 0) is 32.0 Å². The van der Waals surface area contributed by atoms with Crippen LogP contribution < -0.4 is 0 Å². The van der Waals surface area contributed by atoms with E-state index in [1.54, 1.807) is 0 Å². The number of carbonyl (C=O) groups excluding carboxylic acids is 1. The molecule has 6 nitrogen and oxygen atoms in total. The maximum atomic E-state index is 11.8. The summed E-state index contributed by atoms with van der Waals surface area (Å²) in [5.74, 6) is -0.285. The summed E-state index contributed by atoms with van der Waals surface area (Å²) in [5, 5.41) is 1.54. The first kappa shape index (κ1) is 19.6. The SMILES string of the molecule is CCOC1CC(C)(CC(=O)OC)N(O[Si](C)(C)C(C)(C)C)O1. The van der Waals surface area contributed by atoms with E-state index in [1.165, 1.54) is 12.3 Å². The molecule has 1 rings (SSSR count). The summed E-state index contributed by atoms with van der Waals surface area (Å²) in [4.78, 5) is 17.6. The fourth-order valence-corrected chi connectivity index (χ4v) is 2.93. The Morgan fingerprint density at radius 3 is 2.45 bits per heavy atom. The van der Waals surface area contributed by atoms with Crippen molar-refractivity contribution in [1.82, 2.24) is 5.23 Å². The Labute approximate surface area is 135 Å². The fourth-order valence-electron chi connectivity index (χ4n) is 1.98. The van der Waals surface area contributed by atoms with Crippen LogP contribution in [-0.2, 0) is 23.6 Å². The van der Waals surface area contributed by atoms with Crippen LogP contribution >= 0.6 is 0 Å². The van der Waals surface area contributed by atoms with Crippen molar-refractivity contribution < 1.29 is 23.6 Å². The third-order valence-corrected chi connectivity index (χ3v) is 8.72. The summed E-state index contributed by atoms with van der Waals surface area (Å²) in [5.41, 5.74) is -0.595. The first-order chi connectivity index (χ1) is 9.95. The van der Waals surface area contributed by atoms with E-state index in [2.05, 4.69) is 33.9 Å². The Morgan fingerprint density at radius 2 is 2.00 bits per heavy atom. The predicted octanol–water partition coefficient (Wildman–Crippen LogP) is 3.24. The van der Waals surface area contributed by atoms with Gasteiger partial charge in [0.25, 0.3) is 0 Å². The number of carbonyl (C=O) groups is 1. The molecule has 0 aromatic carbocycles. The van der Waals surface area contributed by atoms with Crippen molar-refractivity contribution in [2.45, 2.75) is 77.4 Å². The Balaban J connectivity index is 2.94. The summed E-state index contributed by atoms with van der Waals surface area (Å²) in [7, 11) is -0.690. The van der Waals surface area contributed by atoms with Gasteiger partial charge in [-0.15, -0.1) is 0 Å². The van der Waals surface area contributed by atoms with E-state index in [9.17, 15) is 4.79 Å². The van der Waals surface area contributed by atoms with Crippen molar-refractivity contribution >= 4 is 14.3 Å². The fraction of sp³-hybridized carbons (Fsp3) is 0.933. The van der Waals surface area contributed by atoms with Crippen molar-refractivity contribution in [1.29, 1.82) is 0 Å². The van der Waals surface area contributed by atoms with Crippen LogP contribution in [0.1, 0.15) is 47.5 Å². The molecular formula is C15H31NO5Si. The molecule has 1 saturated heterocycles. The van der Waals surface area contributed by atoms with Gasteiger partial charge in [-0.2, -0.15) is 0 Å². The van der Waals surface area contributed by atoms with Crippen molar-refractivity contribution in [3.8, 4) is 0 Å². The average Bonchev–Trinajstić information content (AvgIpc) is 2.64. The van der Waals surface area contributed by atoms with Gasteiger partial charge in [0, 0.05) is 13.0 Å². The topological polar surface area (TPSA) is 57.2 Å². The van der Waals surface area contributed by atoms with Crippen molar-refractivity contribution in [3.63, 3.8) is 0 Å². The molecule has 1 aliphatic rings. The summed E-state index contributed by atoms with van der Waals surface area (Å²) in [6.45, 7) is 15.2. The molecule has 2 unspecified atom stereocenters. The lowest BCUT2D eigenvalue weighted by molar-refractivity contribution is -0.373. The minimum atomic E-state index is -2.08. The largest absolute Gasteiger partial charge is 0.469 e. The van der Waals surface area contributed by atoms with Crippen LogP contribution in [0.3, 0.4) is 0 Å². The van der Waals surface area contributed by atoms with E-state index in [0.29, 0.717) is 13.0 Å². The first-order valence-corrected chi connectivity index (χ1v) is 10.7. The number of rotatable bonds is 6. The quantitative estimate of drug-likeness (QED) is 0.549. The molecule has 22 heavy (non-hydrogen) atoms. The number of methoxy groups -OCH3 is 1. The van der Waals surface area contributed by atoms with E-state index >= 15 is 0 Å². The zero-order valence-electron chi connectivity index (χ0n) is 15.2. The summed E-state index contributed by atoms with van der Waals surface area (Å²) < 4.78 is 16.6. The van der Waals surface area contributed by atoms with Gasteiger partial charge in [-0.1, -0.05) is 26.0 Å². The zero-order valence-corrected chi connectivity index (χ0v) is 16.2. The van der Waals surface area contributed by atoms with E-state index in [0.717, 1.165) is 0 Å². The maximum Gasteiger partial charge on any atom is 0.307 e. The lowest BCUT2D eigenvalue weighted by Crippen LogP contribution is -2.52. The maximum absolute atomic E-state index is 11.8. The molecule has 0 spiro atoms. The average molecular weight is 334 g/mol. The Hall–Kier alpha value is -0.473. The molecule has 0 amide bonds. The molecule has 0 radical (unpaired) electrons. The van der Waals surface area contributed by atoms with Gasteiger partial charge in [0.2, 0.25) is 8.32 Å². The van der Waals surface area contributed by atoms with E-state index in [1.807, 2.05) is 13.8 Å². The lowest BCUT2D eigenvalue weighted by atomic mass is 9.95. The molecule has 1 aliphatic heterocycles. The van der Waals surface area contributed by atoms with Crippen molar-refractivity contribution in [3.05, 3.63) is 0 Å². The van der Waals surface area contributed by atoms with Crippen LogP contribution in [0, 0.1) is 0 Å². The number of hydrogen-bond acceptors (Lipinski definition) is 6. The molecule has 0 aliphatic carbocycles.